The first kappa shape index (κ1) is 23.4. The van der Waals surface area contributed by atoms with Crippen LogP contribution in [0.1, 0.15) is 39.2 Å². The van der Waals surface area contributed by atoms with E-state index in [1.54, 1.807) is 14.2 Å². The van der Waals surface area contributed by atoms with Gasteiger partial charge in [0.15, 0.2) is 0 Å². The summed E-state index contributed by atoms with van der Waals surface area (Å²) in [5.74, 6) is 0.501. The van der Waals surface area contributed by atoms with E-state index in [1.807, 2.05) is 13.0 Å². The first-order valence-electron chi connectivity index (χ1n) is 12.5. The van der Waals surface area contributed by atoms with Gasteiger partial charge in [-0.25, -0.2) is 4.79 Å². The Morgan fingerprint density at radius 3 is 2.57 bits per heavy atom. The van der Waals surface area contributed by atoms with E-state index < -0.39 is 0 Å². The lowest BCUT2D eigenvalue weighted by Gasteiger charge is -2.40. The standard InChI is InChI=1S/C30H33NO4/c1-6-21-15-20-16-25(33-4)26(34-5)17-24(20)29-28(30(32)35-7-2)27(18(3)31(21)29)23-14-10-12-19-11-8-9-13-22(19)23/h8-15,17-18,21,25H,6-7,16H2,1-5H3. The lowest BCUT2D eigenvalue weighted by molar-refractivity contribution is -0.138. The fraction of sp³-hybridized carbons (Fsp3) is 0.367. The summed E-state index contributed by atoms with van der Waals surface area (Å²) in [6.07, 6.45) is 5.91. The smallest absolute Gasteiger partial charge is 0.340 e. The lowest BCUT2D eigenvalue weighted by Crippen LogP contribution is -2.41. The zero-order chi connectivity index (χ0) is 24.7. The number of fused-ring (bicyclic) bond motifs is 3. The monoisotopic (exact) mass is 471 g/mol. The van der Waals surface area contributed by atoms with Crippen molar-refractivity contribution in [1.82, 2.24) is 4.90 Å². The summed E-state index contributed by atoms with van der Waals surface area (Å²) in [7, 11) is 3.39. The molecule has 0 bridgehead atoms. The predicted molar refractivity (Wildman–Crippen MR) is 138 cm³/mol. The third kappa shape index (κ3) is 3.69. The maximum atomic E-state index is 13.7. The number of benzene rings is 2. The van der Waals surface area contributed by atoms with E-state index in [1.165, 1.54) is 5.57 Å². The van der Waals surface area contributed by atoms with Crippen molar-refractivity contribution in [2.75, 3.05) is 20.8 Å². The van der Waals surface area contributed by atoms with Gasteiger partial charge in [0, 0.05) is 25.1 Å². The van der Waals surface area contributed by atoms with Crippen molar-refractivity contribution in [3.05, 3.63) is 88.4 Å². The molecule has 3 unspecified atom stereocenters. The van der Waals surface area contributed by atoms with Crippen molar-refractivity contribution in [2.24, 2.45) is 0 Å². The van der Waals surface area contributed by atoms with E-state index in [-0.39, 0.29) is 24.2 Å². The van der Waals surface area contributed by atoms with E-state index in [2.05, 4.69) is 67.3 Å². The molecule has 0 amide bonds. The van der Waals surface area contributed by atoms with E-state index in [0.29, 0.717) is 18.6 Å². The van der Waals surface area contributed by atoms with Crippen molar-refractivity contribution in [2.45, 2.75) is 51.8 Å². The highest BCUT2D eigenvalue weighted by Crippen LogP contribution is 2.50. The fourth-order valence-electron chi connectivity index (χ4n) is 5.89. The van der Waals surface area contributed by atoms with Crippen LogP contribution in [0, 0.1) is 0 Å². The summed E-state index contributed by atoms with van der Waals surface area (Å²) < 4.78 is 17.1. The van der Waals surface area contributed by atoms with Gasteiger partial charge in [0.2, 0.25) is 0 Å². The fourth-order valence-corrected chi connectivity index (χ4v) is 5.89. The topological polar surface area (TPSA) is 48.0 Å². The Morgan fingerprint density at radius 1 is 1.09 bits per heavy atom. The molecule has 2 aromatic rings. The first-order chi connectivity index (χ1) is 17.0. The van der Waals surface area contributed by atoms with Gasteiger partial charge in [-0.3, -0.25) is 0 Å². The van der Waals surface area contributed by atoms with Crippen molar-refractivity contribution in [3.63, 3.8) is 0 Å². The molecule has 3 atom stereocenters. The quantitative estimate of drug-likeness (QED) is 0.500. The molecule has 0 fully saturated rings. The van der Waals surface area contributed by atoms with Crippen LogP contribution in [0.2, 0.25) is 0 Å². The number of methoxy groups -OCH3 is 2. The van der Waals surface area contributed by atoms with Gasteiger partial charge >= 0.3 is 5.97 Å². The van der Waals surface area contributed by atoms with Gasteiger partial charge in [-0.05, 0) is 53.8 Å². The van der Waals surface area contributed by atoms with E-state index in [9.17, 15) is 4.79 Å². The van der Waals surface area contributed by atoms with Gasteiger partial charge in [0.05, 0.1) is 31.0 Å². The Morgan fingerprint density at radius 2 is 1.86 bits per heavy atom. The molecule has 5 nitrogen and oxygen atoms in total. The average Bonchev–Trinajstić information content (AvgIpc) is 3.20. The number of carbonyl (C=O) groups excluding carboxylic acids is 1. The van der Waals surface area contributed by atoms with Gasteiger partial charge in [-0.1, -0.05) is 55.5 Å². The Kier molecular flexibility index (Phi) is 6.28. The van der Waals surface area contributed by atoms with Crippen LogP contribution in [0.15, 0.2) is 82.8 Å². The second kappa shape index (κ2) is 9.38. The average molecular weight is 472 g/mol. The number of allylic oxidation sites excluding steroid dienone is 2. The second-order valence-corrected chi connectivity index (χ2v) is 9.23. The molecule has 2 aliphatic heterocycles. The summed E-state index contributed by atoms with van der Waals surface area (Å²) in [4.78, 5) is 16.1. The molecular formula is C30H33NO4. The van der Waals surface area contributed by atoms with Crippen molar-refractivity contribution >= 4 is 22.3 Å². The Balaban J connectivity index is 1.84. The number of hydrogen-bond acceptors (Lipinski definition) is 5. The molecule has 3 aliphatic rings. The zero-order valence-corrected chi connectivity index (χ0v) is 21.1. The van der Waals surface area contributed by atoms with E-state index >= 15 is 0 Å². The molecule has 35 heavy (non-hydrogen) atoms. The van der Waals surface area contributed by atoms with Crippen LogP contribution < -0.4 is 0 Å². The molecule has 0 saturated carbocycles. The highest BCUT2D eigenvalue weighted by Gasteiger charge is 2.45. The largest absolute Gasteiger partial charge is 0.498 e. The summed E-state index contributed by atoms with van der Waals surface area (Å²) in [5, 5.41) is 2.30. The molecule has 0 radical (unpaired) electrons. The third-order valence-electron chi connectivity index (χ3n) is 7.46. The molecule has 0 spiro atoms. The number of hydrogen-bond donors (Lipinski definition) is 0. The second-order valence-electron chi connectivity index (χ2n) is 9.23. The molecule has 2 heterocycles. The molecule has 0 aromatic heterocycles. The molecule has 5 rings (SSSR count). The highest BCUT2D eigenvalue weighted by molar-refractivity contribution is 6.09. The minimum atomic E-state index is -0.274. The maximum absolute atomic E-state index is 13.7. The van der Waals surface area contributed by atoms with Crippen LogP contribution in [-0.4, -0.2) is 49.9 Å². The van der Waals surface area contributed by atoms with Gasteiger partial charge in [0.1, 0.15) is 11.9 Å². The molecule has 0 N–H and O–H groups in total. The summed E-state index contributed by atoms with van der Waals surface area (Å²) in [6, 6.07) is 14.9. The van der Waals surface area contributed by atoms with Crippen molar-refractivity contribution < 1.29 is 19.0 Å². The highest BCUT2D eigenvalue weighted by atomic mass is 16.5. The van der Waals surface area contributed by atoms with Crippen LogP contribution in [0.3, 0.4) is 0 Å². The van der Waals surface area contributed by atoms with Crippen molar-refractivity contribution in [1.29, 1.82) is 0 Å². The Labute approximate surface area is 207 Å². The van der Waals surface area contributed by atoms with Gasteiger partial charge in [-0.15, -0.1) is 0 Å². The molecule has 1 aliphatic carbocycles. The van der Waals surface area contributed by atoms with Crippen LogP contribution >= 0.6 is 0 Å². The minimum absolute atomic E-state index is 0.00463. The number of nitrogens with zero attached hydrogens (tertiary/aromatic N) is 1. The van der Waals surface area contributed by atoms with E-state index in [4.69, 9.17) is 14.2 Å². The molecule has 5 heteroatoms. The SMILES string of the molecule is CCOC(=O)C1=C(c2cccc3ccccc23)C(C)N2C1=C1C=C(OC)C(OC)CC1=CC2CC. The zero-order valence-electron chi connectivity index (χ0n) is 21.1. The predicted octanol–water partition coefficient (Wildman–Crippen LogP) is 5.78. The van der Waals surface area contributed by atoms with Gasteiger partial charge in [-0.2, -0.15) is 0 Å². The van der Waals surface area contributed by atoms with E-state index in [0.717, 1.165) is 45.4 Å². The van der Waals surface area contributed by atoms with Gasteiger partial charge in [0.25, 0.3) is 0 Å². The number of carbonyl (C=O) groups is 1. The molecular weight excluding hydrogens is 438 g/mol. The van der Waals surface area contributed by atoms with Crippen LogP contribution in [-0.2, 0) is 19.0 Å². The lowest BCUT2D eigenvalue weighted by atomic mass is 9.84. The third-order valence-corrected chi connectivity index (χ3v) is 7.46. The number of esters is 1. The Hall–Kier alpha value is -3.31. The molecule has 182 valence electrons. The van der Waals surface area contributed by atoms with Crippen molar-refractivity contribution in [3.8, 4) is 0 Å². The first-order valence-corrected chi connectivity index (χ1v) is 12.5. The number of ether oxygens (including phenoxy) is 3. The van der Waals surface area contributed by atoms with Crippen LogP contribution in [0.4, 0.5) is 0 Å². The minimum Gasteiger partial charge on any atom is -0.498 e. The normalized spacial score (nSPS) is 23.7. The summed E-state index contributed by atoms with van der Waals surface area (Å²) >= 11 is 0. The van der Waals surface area contributed by atoms with Crippen LogP contribution in [0.25, 0.3) is 16.3 Å². The Bertz CT molecular complexity index is 1290. The summed E-state index contributed by atoms with van der Waals surface area (Å²) in [5.41, 5.74) is 5.95. The number of rotatable bonds is 6. The maximum Gasteiger partial charge on any atom is 0.340 e. The van der Waals surface area contributed by atoms with Gasteiger partial charge < -0.3 is 19.1 Å². The van der Waals surface area contributed by atoms with Crippen LogP contribution in [0.5, 0.6) is 0 Å². The summed E-state index contributed by atoms with van der Waals surface area (Å²) in [6.45, 7) is 6.59. The molecule has 2 aromatic carbocycles. The molecule has 0 saturated heterocycles.